The molecule has 0 aliphatic carbocycles. The Kier molecular flexibility index (Phi) is 2.44. The lowest BCUT2D eigenvalue weighted by atomic mass is 10.4. The van der Waals surface area contributed by atoms with E-state index in [4.69, 9.17) is 16.3 Å². The summed E-state index contributed by atoms with van der Waals surface area (Å²) in [5.41, 5.74) is -0.183. The highest BCUT2D eigenvalue weighted by atomic mass is 35.5. The number of halogens is 1. The van der Waals surface area contributed by atoms with Gasteiger partial charge in [0.1, 0.15) is 5.15 Å². The van der Waals surface area contributed by atoms with Crippen LogP contribution in [0.15, 0.2) is 12.3 Å². The molecule has 1 rings (SSSR count). The molecule has 64 valence electrons. The molecule has 0 aliphatic rings. The maximum absolute atomic E-state index is 10.4. The minimum absolute atomic E-state index is 0.0718. The molecular weight excluding hydrogens is 184 g/mol. The van der Waals surface area contributed by atoms with E-state index in [2.05, 4.69) is 4.98 Å². The monoisotopic (exact) mass is 188 g/mol. The molecule has 0 N–H and O–H groups in total. The number of pyridine rings is 1. The first-order valence-electron chi connectivity index (χ1n) is 2.99. The average Bonchev–Trinajstić information content (AvgIpc) is 2.04. The van der Waals surface area contributed by atoms with Crippen LogP contribution in [0.4, 0.5) is 5.69 Å². The summed E-state index contributed by atoms with van der Waals surface area (Å²) >= 11 is 5.45. The zero-order chi connectivity index (χ0) is 9.14. The van der Waals surface area contributed by atoms with Crippen molar-refractivity contribution in [2.75, 3.05) is 7.11 Å². The zero-order valence-corrected chi connectivity index (χ0v) is 6.91. The molecule has 12 heavy (non-hydrogen) atoms. The molecule has 1 heterocycles. The standard InChI is InChI=1S/C6H5ClN2O3/c1-12-5-3-8-6(7)2-4(5)9(10)11/h2-3H,1H3. The van der Waals surface area contributed by atoms with E-state index in [0.717, 1.165) is 6.07 Å². The van der Waals surface area contributed by atoms with Gasteiger partial charge in [0.05, 0.1) is 24.3 Å². The molecule has 1 aromatic heterocycles. The van der Waals surface area contributed by atoms with Gasteiger partial charge in [0.2, 0.25) is 5.75 Å². The number of ether oxygens (including phenoxy) is 1. The Bertz CT molecular complexity index is 316. The maximum atomic E-state index is 10.4. The third-order valence-corrected chi connectivity index (χ3v) is 1.44. The number of aromatic nitrogens is 1. The number of nitro groups is 1. The number of nitrogens with zero attached hydrogens (tertiary/aromatic N) is 2. The van der Waals surface area contributed by atoms with Gasteiger partial charge in [0.25, 0.3) is 0 Å². The smallest absolute Gasteiger partial charge is 0.315 e. The summed E-state index contributed by atoms with van der Waals surface area (Å²) in [5, 5.41) is 10.4. The van der Waals surface area contributed by atoms with Gasteiger partial charge in [0, 0.05) is 0 Å². The van der Waals surface area contributed by atoms with Gasteiger partial charge in [-0.05, 0) is 0 Å². The summed E-state index contributed by atoms with van der Waals surface area (Å²) in [5.74, 6) is 0.101. The van der Waals surface area contributed by atoms with E-state index < -0.39 is 4.92 Å². The van der Waals surface area contributed by atoms with Crippen LogP contribution in [0.3, 0.4) is 0 Å². The quantitative estimate of drug-likeness (QED) is 0.402. The molecule has 5 nitrogen and oxygen atoms in total. The fraction of sp³-hybridized carbons (Fsp3) is 0.167. The first-order valence-corrected chi connectivity index (χ1v) is 3.37. The van der Waals surface area contributed by atoms with Gasteiger partial charge in [-0.3, -0.25) is 10.1 Å². The van der Waals surface area contributed by atoms with Crippen molar-refractivity contribution in [1.82, 2.24) is 4.98 Å². The van der Waals surface area contributed by atoms with Crippen LogP contribution in [-0.4, -0.2) is 17.0 Å². The third kappa shape index (κ3) is 1.62. The second kappa shape index (κ2) is 3.36. The van der Waals surface area contributed by atoms with Crippen molar-refractivity contribution in [3.05, 3.63) is 27.5 Å². The van der Waals surface area contributed by atoms with E-state index in [9.17, 15) is 10.1 Å². The molecule has 0 spiro atoms. The van der Waals surface area contributed by atoms with Crippen LogP contribution in [-0.2, 0) is 0 Å². The van der Waals surface area contributed by atoms with E-state index in [0.29, 0.717) is 0 Å². The van der Waals surface area contributed by atoms with Gasteiger partial charge in [-0.25, -0.2) is 4.98 Å². The summed E-state index contributed by atoms with van der Waals surface area (Å²) < 4.78 is 4.70. The molecule has 0 amide bonds. The van der Waals surface area contributed by atoms with E-state index in [-0.39, 0.29) is 16.6 Å². The molecule has 0 atom stereocenters. The number of methoxy groups -OCH3 is 1. The topological polar surface area (TPSA) is 65.3 Å². The van der Waals surface area contributed by atoms with Crippen LogP contribution in [0.25, 0.3) is 0 Å². The van der Waals surface area contributed by atoms with Gasteiger partial charge < -0.3 is 4.74 Å². The Morgan fingerprint density at radius 2 is 2.42 bits per heavy atom. The first-order chi connectivity index (χ1) is 5.65. The van der Waals surface area contributed by atoms with E-state index in [1.54, 1.807) is 0 Å². The average molecular weight is 189 g/mol. The van der Waals surface area contributed by atoms with Crippen molar-refractivity contribution in [2.45, 2.75) is 0 Å². The Morgan fingerprint density at radius 1 is 1.75 bits per heavy atom. The summed E-state index contributed by atoms with van der Waals surface area (Å²) in [7, 11) is 1.33. The van der Waals surface area contributed by atoms with Crippen molar-refractivity contribution in [3.63, 3.8) is 0 Å². The molecule has 0 saturated carbocycles. The fourth-order valence-electron chi connectivity index (χ4n) is 0.708. The van der Waals surface area contributed by atoms with Gasteiger partial charge >= 0.3 is 5.69 Å². The lowest BCUT2D eigenvalue weighted by molar-refractivity contribution is -0.385. The number of hydrogen-bond donors (Lipinski definition) is 0. The summed E-state index contributed by atoms with van der Waals surface area (Å²) in [6.07, 6.45) is 1.21. The molecule has 0 unspecified atom stereocenters. The third-order valence-electron chi connectivity index (χ3n) is 1.23. The Morgan fingerprint density at radius 3 is 2.92 bits per heavy atom. The molecule has 0 radical (unpaired) electrons. The van der Waals surface area contributed by atoms with Crippen LogP contribution in [0, 0.1) is 10.1 Å². The highest BCUT2D eigenvalue weighted by Gasteiger charge is 2.14. The lowest BCUT2D eigenvalue weighted by Crippen LogP contribution is -1.94. The first kappa shape index (κ1) is 8.73. The second-order valence-electron chi connectivity index (χ2n) is 1.94. The van der Waals surface area contributed by atoms with Crippen LogP contribution in [0.2, 0.25) is 5.15 Å². The van der Waals surface area contributed by atoms with Crippen molar-refractivity contribution in [1.29, 1.82) is 0 Å². The van der Waals surface area contributed by atoms with Crippen LogP contribution in [0.1, 0.15) is 0 Å². The fourth-order valence-corrected chi connectivity index (χ4v) is 0.860. The van der Waals surface area contributed by atoms with E-state index in [1.165, 1.54) is 13.3 Å². The molecule has 0 fully saturated rings. The van der Waals surface area contributed by atoms with Gasteiger partial charge in [-0.15, -0.1) is 0 Å². The van der Waals surface area contributed by atoms with Gasteiger partial charge in [-0.2, -0.15) is 0 Å². The zero-order valence-electron chi connectivity index (χ0n) is 6.15. The summed E-state index contributed by atoms with van der Waals surface area (Å²) in [4.78, 5) is 13.4. The Hall–Kier alpha value is -1.36. The highest BCUT2D eigenvalue weighted by Crippen LogP contribution is 2.27. The van der Waals surface area contributed by atoms with Crippen molar-refractivity contribution >= 4 is 17.3 Å². The van der Waals surface area contributed by atoms with Crippen LogP contribution < -0.4 is 4.74 Å². The van der Waals surface area contributed by atoms with Gasteiger partial charge in [0.15, 0.2) is 0 Å². The molecule has 0 saturated heterocycles. The largest absolute Gasteiger partial charge is 0.489 e. The predicted molar refractivity (Wildman–Crippen MR) is 42.5 cm³/mol. The second-order valence-corrected chi connectivity index (χ2v) is 2.32. The van der Waals surface area contributed by atoms with Crippen molar-refractivity contribution in [2.24, 2.45) is 0 Å². The minimum atomic E-state index is -0.577. The molecular formula is C6H5ClN2O3. The summed E-state index contributed by atoms with van der Waals surface area (Å²) in [6, 6.07) is 1.14. The normalized spacial score (nSPS) is 9.50. The number of rotatable bonds is 2. The Labute approximate surface area is 73.1 Å². The molecule has 0 aromatic carbocycles. The minimum Gasteiger partial charge on any atom is -0.489 e. The summed E-state index contributed by atoms with van der Waals surface area (Å²) in [6.45, 7) is 0. The lowest BCUT2D eigenvalue weighted by Gasteiger charge is -1.99. The molecule has 6 heteroatoms. The molecule has 1 aromatic rings. The maximum Gasteiger partial charge on any atom is 0.315 e. The predicted octanol–water partition coefficient (Wildman–Crippen LogP) is 1.65. The number of hydrogen-bond acceptors (Lipinski definition) is 4. The van der Waals surface area contributed by atoms with E-state index >= 15 is 0 Å². The Balaban J connectivity index is 3.21. The van der Waals surface area contributed by atoms with Crippen LogP contribution >= 0.6 is 11.6 Å². The van der Waals surface area contributed by atoms with Crippen molar-refractivity contribution < 1.29 is 9.66 Å². The van der Waals surface area contributed by atoms with Crippen LogP contribution in [0.5, 0.6) is 5.75 Å². The molecule has 0 aliphatic heterocycles. The molecule has 0 bridgehead atoms. The SMILES string of the molecule is COc1cnc(Cl)cc1[N+](=O)[O-]. The van der Waals surface area contributed by atoms with Gasteiger partial charge in [-0.1, -0.05) is 11.6 Å². The van der Waals surface area contributed by atoms with E-state index in [1.807, 2.05) is 0 Å². The van der Waals surface area contributed by atoms with Crippen molar-refractivity contribution in [3.8, 4) is 5.75 Å². The highest BCUT2D eigenvalue weighted by molar-refractivity contribution is 6.29.